The third-order valence-corrected chi connectivity index (χ3v) is 4.24. The van der Waals surface area contributed by atoms with Crippen molar-refractivity contribution in [3.05, 3.63) is 0 Å². The van der Waals surface area contributed by atoms with E-state index in [1.807, 2.05) is 0 Å². The minimum Gasteiger partial charge on any atom is -0.356 e. The molecule has 0 aromatic heterocycles. The Morgan fingerprint density at radius 1 is 1.44 bits per heavy atom. The number of carbonyl (C=O) groups is 1. The van der Waals surface area contributed by atoms with E-state index in [0.29, 0.717) is 0 Å². The van der Waals surface area contributed by atoms with Gasteiger partial charge in [0.05, 0.1) is 0 Å². The molecule has 3 nitrogen and oxygen atoms in total. The first-order chi connectivity index (χ1) is 7.71. The van der Waals surface area contributed by atoms with Crippen molar-refractivity contribution >= 4 is 5.91 Å². The molecular weight excluding hydrogens is 200 g/mol. The highest BCUT2D eigenvalue weighted by molar-refractivity contribution is 5.82. The molecule has 1 heterocycles. The number of amides is 1. The maximum absolute atomic E-state index is 11.9. The Balaban J connectivity index is 1.61. The van der Waals surface area contributed by atoms with Crippen LogP contribution in [0.2, 0.25) is 0 Å². The van der Waals surface area contributed by atoms with Crippen LogP contribution in [0.15, 0.2) is 0 Å². The van der Waals surface area contributed by atoms with Gasteiger partial charge in [-0.1, -0.05) is 13.3 Å². The molecule has 3 heteroatoms. The van der Waals surface area contributed by atoms with Gasteiger partial charge in [0.1, 0.15) is 0 Å². The van der Waals surface area contributed by atoms with Gasteiger partial charge in [0.2, 0.25) is 5.91 Å². The Kier molecular flexibility index (Phi) is 3.85. The van der Waals surface area contributed by atoms with Crippen molar-refractivity contribution < 1.29 is 4.79 Å². The molecule has 2 aliphatic rings. The van der Waals surface area contributed by atoms with Gasteiger partial charge in [-0.15, -0.1) is 0 Å². The molecule has 0 aromatic rings. The summed E-state index contributed by atoms with van der Waals surface area (Å²) in [5, 5.41) is 6.52. The third-order valence-electron chi connectivity index (χ3n) is 4.24. The highest BCUT2D eigenvalue weighted by Gasteiger charge is 2.38. The second-order valence-corrected chi connectivity index (χ2v) is 5.67. The van der Waals surface area contributed by atoms with Crippen molar-refractivity contribution in [3.8, 4) is 0 Å². The molecule has 1 unspecified atom stereocenters. The first-order valence-electron chi connectivity index (χ1n) is 6.70. The summed E-state index contributed by atoms with van der Waals surface area (Å²) >= 11 is 0. The van der Waals surface area contributed by atoms with Crippen LogP contribution in [0.5, 0.6) is 0 Å². The summed E-state index contributed by atoms with van der Waals surface area (Å²) in [6.07, 6.45) is 7.11. The predicted molar refractivity (Wildman–Crippen MR) is 65.2 cm³/mol. The van der Waals surface area contributed by atoms with Gasteiger partial charge in [-0.05, 0) is 51.1 Å². The van der Waals surface area contributed by atoms with E-state index in [1.165, 1.54) is 25.8 Å². The van der Waals surface area contributed by atoms with E-state index in [1.54, 1.807) is 0 Å². The summed E-state index contributed by atoms with van der Waals surface area (Å²) in [6.45, 7) is 5.25. The smallest absolute Gasteiger partial charge is 0.225 e. The van der Waals surface area contributed by atoms with Gasteiger partial charge in [-0.2, -0.15) is 0 Å². The molecule has 1 aliphatic carbocycles. The highest BCUT2D eigenvalue weighted by atomic mass is 16.2. The fourth-order valence-electron chi connectivity index (χ4n) is 2.71. The summed E-state index contributed by atoms with van der Waals surface area (Å²) in [4.78, 5) is 11.9. The van der Waals surface area contributed by atoms with Crippen LogP contribution in [-0.2, 0) is 4.79 Å². The summed E-state index contributed by atoms with van der Waals surface area (Å²) in [6, 6.07) is 0. The Hall–Kier alpha value is -0.570. The van der Waals surface area contributed by atoms with Gasteiger partial charge >= 0.3 is 0 Å². The van der Waals surface area contributed by atoms with E-state index in [9.17, 15) is 4.79 Å². The van der Waals surface area contributed by atoms with E-state index in [0.717, 1.165) is 38.3 Å². The maximum atomic E-state index is 11.9. The van der Waals surface area contributed by atoms with Crippen LogP contribution in [0.4, 0.5) is 0 Å². The molecule has 2 N–H and O–H groups in total. The molecule has 0 aromatic carbocycles. The Morgan fingerprint density at radius 2 is 2.25 bits per heavy atom. The normalized spacial score (nSPS) is 28.2. The second kappa shape index (κ2) is 5.17. The van der Waals surface area contributed by atoms with Gasteiger partial charge in [-0.3, -0.25) is 4.79 Å². The molecule has 1 amide bonds. The van der Waals surface area contributed by atoms with Crippen LogP contribution < -0.4 is 10.6 Å². The van der Waals surface area contributed by atoms with E-state index in [4.69, 9.17) is 0 Å². The van der Waals surface area contributed by atoms with Crippen LogP contribution in [0, 0.1) is 11.3 Å². The lowest BCUT2D eigenvalue weighted by Crippen LogP contribution is -2.44. The number of piperidine rings is 1. The standard InChI is InChI=1S/C13H24N2O/c1-13(6-3-7-13)12(16)15-9-5-11-4-2-8-14-10-11/h11,14H,2-10H2,1H3,(H,15,16). The Morgan fingerprint density at radius 3 is 2.81 bits per heavy atom. The van der Waals surface area contributed by atoms with Crippen molar-refractivity contribution in [1.82, 2.24) is 10.6 Å². The molecule has 92 valence electrons. The van der Waals surface area contributed by atoms with Crippen molar-refractivity contribution in [3.63, 3.8) is 0 Å². The molecule has 0 spiro atoms. The summed E-state index contributed by atoms with van der Waals surface area (Å²) in [5.41, 5.74) is -0.0369. The fraction of sp³-hybridized carbons (Fsp3) is 0.923. The molecule has 2 rings (SSSR count). The average molecular weight is 224 g/mol. The Bertz CT molecular complexity index is 242. The van der Waals surface area contributed by atoms with E-state index < -0.39 is 0 Å². The van der Waals surface area contributed by atoms with Crippen LogP contribution in [-0.4, -0.2) is 25.5 Å². The lowest BCUT2D eigenvalue weighted by atomic mass is 9.70. The molecule has 1 aliphatic heterocycles. The van der Waals surface area contributed by atoms with Crippen LogP contribution >= 0.6 is 0 Å². The largest absolute Gasteiger partial charge is 0.356 e. The molecule has 1 atom stereocenters. The van der Waals surface area contributed by atoms with Crippen molar-refractivity contribution in [1.29, 1.82) is 0 Å². The first-order valence-corrected chi connectivity index (χ1v) is 6.70. The predicted octanol–water partition coefficient (Wildman–Crippen LogP) is 1.68. The first kappa shape index (κ1) is 11.9. The van der Waals surface area contributed by atoms with E-state index >= 15 is 0 Å². The lowest BCUT2D eigenvalue weighted by Gasteiger charge is -2.36. The maximum Gasteiger partial charge on any atom is 0.225 e. The van der Waals surface area contributed by atoms with E-state index in [2.05, 4.69) is 17.6 Å². The summed E-state index contributed by atoms with van der Waals surface area (Å²) in [5.74, 6) is 1.05. The number of nitrogens with one attached hydrogen (secondary N) is 2. The number of rotatable bonds is 4. The topological polar surface area (TPSA) is 41.1 Å². The average Bonchev–Trinajstić information content (AvgIpc) is 2.27. The van der Waals surface area contributed by atoms with Gasteiger partial charge in [-0.25, -0.2) is 0 Å². The van der Waals surface area contributed by atoms with Gasteiger partial charge < -0.3 is 10.6 Å². The van der Waals surface area contributed by atoms with Crippen LogP contribution in [0.25, 0.3) is 0 Å². The Labute approximate surface area is 98.4 Å². The van der Waals surface area contributed by atoms with Crippen molar-refractivity contribution in [2.75, 3.05) is 19.6 Å². The number of hydrogen-bond donors (Lipinski definition) is 2. The molecule has 0 bridgehead atoms. The molecule has 0 radical (unpaired) electrons. The minimum atomic E-state index is -0.0369. The number of carbonyl (C=O) groups excluding carboxylic acids is 1. The molecule has 1 saturated carbocycles. The second-order valence-electron chi connectivity index (χ2n) is 5.67. The van der Waals surface area contributed by atoms with Crippen LogP contribution in [0.1, 0.15) is 45.4 Å². The number of hydrogen-bond acceptors (Lipinski definition) is 2. The van der Waals surface area contributed by atoms with E-state index in [-0.39, 0.29) is 11.3 Å². The third kappa shape index (κ3) is 2.76. The zero-order valence-electron chi connectivity index (χ0n) is 10.3. The van der Waals surface area contributed by atoms with Crippen molar-refractivity contribution in [2.24, 2.45) is 11.3 Å². The molecular formula is C13H24N2O. The lowest BCUT2D eigenvalue weighted by molar-refractivity contribution is -0.134. The molecule has 2 fully saturated rings. The summed E-state index contributed by atoms with van der Waals surface area (Å²) in [7, 11) is 0. The summed E-state index contributed by atoms with van der Waals surface area (Å²) < 4.78 is 0. The minimum absolute atomic E-state index is 0.0369. The SMILES string of the molecule is CC1(C(=O)NCCC2CCCNC2)CCC1. The van der Waals surface area contributed by atoms with Crippen LogP contribution in [0.3, 0.4) is 0 Å². The monoisotopic (exact) mass is 224 g/mol. The molecule has 1 saturated heterocycles. The quantitative estimate of drug-likeness (QED) is 0.763. The fourth-order valence-corrected chi connectivity index (χ4v) is 2.71. The van der Waals surface area contributed by atoms with Gasteiger partial charge in [0, 0.05) is 12.0 Å². The van der Waals surface area contributed by atoms with Gasteiger partial charge in [0.15, 0.2) is 0 Å². The van der Waals surface area contributed by atoms with Gasteiger partial charge in [0.25, 0.3) is 0 Å². The molecule has 16 heavy (non-hydrogen) atoms. The van der Waals surface area contributed by atoms with Crippen molar-refractivity contribution in [2.45, 2.75) is 45.4 Å². The highest BCUT2D eigenvalue weighted by Crippen LogP contribution is 2.40. The zero-order chi connectivity index (χ0) is 11.4. The zero-order valence-corrected chi connectivity index (χ0v) is 10.3.